The maximum absolute atomic E-state index is 13.5. The zero-order chi connectivity index (χ0) is 34.4. The van der Waals surface area contributed by atoms with Crippen molar-refractivity contribution < 1.29 is 9.53 Å². The minimum atomic E-state index is -0.410. The van der Waals surface area contributed by atoms with Crippen LogP contribution >= 0.6 is 11.6 Å². The summed E-state index contributed by atoms with van der Waals surface area (Å²) in [6.45, 7) is 8.80. The van der Waals surface area contributed by atoms with E-state index in [2.05, 4.69) is 27.8 Å². The van der Waals surface area contributed by atoms with Crippen LogP contribution in [-0.2, 0) is 5.88 Å². The zero-order valence-corrected chi connectivity index (χ0v) is 29.0. The number of carbonyl (C=O) groups is 1. The Morgan fingerprint density at radius 1 is 1.02 bits per heavy atom. The van der Waals surface area contributed by atoms with Crippen LogP contribution in [0.3, 0.4) is 0 Å². The van der Waals surface area contributed by atoms with E-state index in [1.165, 1.54) is 0 Å². The van der Waals surface area contributed by atoms with Crippen LogP contribution in [-0.4, -0.2) is 39.8 Å². The first-order chi connectivity index (χ1) is 22.9. The fourth-order valence-electron chi connectivity index (χ4n) is 6.13. The molecule has 2 amide bonds. The lowest BCUT2D eigenvalue weighted by Gasteiger charge is -2.36. The van der Waals surface area contributed by atoms with Gasteiger partial charge in [0, 0.05) is 41.4 Å². The minimum absolute atomic E-state index is 0.233. The molecule has 11 heteroatoms. The van der Waals surface area contributed by atoms with Gasteiger partial charge in [-0.1, -0.05) is 57.2 Å². The number of piperidine rings is 1. The maximum Gasteiger partial charge on any atom is 0.320 e. The average molecular weight is 671 g/mol. The highest BCUT2D eigenvalue weighted by Crippen LogP contribution is 2.38. The number of likely N-dealkylation sites (tertiary alicyclic amines) is 1. The predicted molar refractivity (Wildman–Crippen MR) is 192 cm³/mol. The lowest BCUT2D eigenvalue weighted by Crippen LogP contribution is -2.47. The topological polar surface area (TPSA) is 142 Å². The molecule has 6 N–H and O–H groups in total. The molecule has 1 aliphatic heterocycles. The Labute approximate surface area is 288 Å². The number of halogens is 1. The number of allylic oxidation sites excluding steroid dienone is 1. The number of hydrogen-bond donors (Lipinski definition) is 6. The highest BCUT2D eigenvalue weighted by Gasteiger charge is 2.30. The van der Waals surface area contributed by atoms with Gasteiger partial charge in [-0.15, -0.1) is 11.6 Å². The van der Waals surface area contributed by atoms with Gasteiger partial charge in [0.2, 0.25) is 5.96 Å². The summed E-state index contributed by atoms with van der Waals surface area (Å²) in [5, 5.41) is 35.3. The Morgan fingerprint density at radius 2 is 1.79 bits per heavy atom. The quantitative estimate of drug-likeness (QED) is 0.0832. The van der Waals surface area contributed by atoms with Crippen LogP contribution in [0, 0.1) is 21.6 Å². The van der Waals surface area contributed by atoms with Crippen molar-refractivity contribution in [1.29, 1.82) is 16.2 Å². The van der Waals surface area contributed by atoms with E-state index in [9.17, 15) is 4.79 Å². The summed E-state index contributed by atoms with van der Waals surface area (Å²) in [6.07, 6.45) is 7.67. The third-order valence-corrected chi connectivity index (χ3v) is 9.26. The van der Waals surface area contributed by atoms with Crippen molar-refractivity contribution in [3.05, 3.63) is 101 Å². The monoisotopic (exact) mass is 670 g/mol. The number of nitrogens with zero attached hydrogens (tertiary/aromatic N) is 2. The largest absolute Gasteiger partial charge is 0.484 e. The Morgan fingerprint density at radius 3 is 2.52 bits per heavy atom. The maximum atomic E-state index is 13.5. The lowest BCUT2D eigenvalue weighted by atomic mass is 9.85. The van der Waals surface area contributed by atoms with E-state index in [1.54, 1.807) is 29.0 Å². The number of pyridine rings is 1. The first-order valence-electron chi connectivity index (χ1n) is 16.6. The van der Waals surface area contributed by atoms with E-state index in [0.29, 0.717) is 42.0 Å². The average Bonchev–Trinajstić information content (AvgIpc) is 3.06. The number of urea groups is 1. The second-order valence-corrected chi connectivity index (χ2v) is 13.9. The molecule has 0 radical (unpaired) electrons. The van der Waals surface area contributed by atoms with Gasteiger partial charge in [-0.05, 0) is 80.0 Å². The molecule has 3 aromatic rings. The van der Waals surface area contributed by atoms with Crippen LogP contribution in [0.2, 0.25) is 0 Å². The van der Waals surface area contributed by atoms with Crippen LogP contribution in [0.25, 0.3) is 0 Å². The number of alkyl halides is 1. The fraction of sp³-hybridized carbons (Fsp3) is 0.405. The van der Waals surface area contributed by atoms with Gasteiger partial charge in [0.05, 0.1) is 12.2 Å². The molecule has 0 bridgehead atoms. The number of fused-ring (bicyclic) bond motifs is 1. The summed E-state index contributed by atoms with van der Waals surface area (Å²) >= 11 is 6.04. The Kier molecular flexibility index (Phi) is 10.9. The van der Waals surface area contributed by atoms with E-state index in [1.807, 2.05) is 69.3 Å². The summed E-state index contributed by atoms with van der Waals surface area (Å²) in [7, 11) is 0. The van der Waals surface area contributed by atoms with Gasteiger partial charge in [0.25, 0.3) is 0 Å². The first kappa shape index (κ1) is 34.8. The molecule has 0 saturated carbocycles. The summed E-state index contributed by atoms with van der Waals surface area (Å²) in [5.41, 5.74) is 3.83. The lowest BCUT2D eigenvalue weighted by molar-refractivity contribution is 0.170. The summed E-state index contributed by atoms with van der Waals surface area (Å²) in [4.78, 5) is 15.5. The Bertz CT molecular complexity index is 1740. The van der Waals surface area contributed by atoms with Crippen molar-refractivity contribution in [2.45, 2.75) is 83.9 Å². The van der Waals surface area contributed by atoms with Crippen molar-refractivity contribution in [1.82, 2.24) is 20.1 Å². The molecule has 48 heavy (non-hydrogen) atoms. The standard InChI is InChI=1S/C37H47ClN8O2/c1-24-10-7-8-19-45(24)35(41)46-23-27(15-18-33(46)40)48-31-17-16-30(28-13-5-6-14-29(28)31)43-36(47)44-34(21-32(39)37(2,3)4)42-26-12-9-11-25(20-26)22-38/h5-6,9,11-15,18,20-21,23-24,30-31,39-42H,7-8,10,16-17,19,22H2,1-4H3,(H2,43,44,47)/b34-21+,39-32?,40-33?,41-35?/t24-,30-,31+/m0/s1. The summed E-state index contributed by atoms with van der Waals surface area (Å²) in [5.74, 6) is 1.64. The number of carbonyl (C=O) groups excluding carboxylic acids is 1. The molecule has 2 aromatic carbocycles. The Balaban J connectivity index is 1.31. The van der Waals surface area contributed by atoms with Crippen molar-refractivity contribution in [3.63, 3.8) is 0 Å². The van der Waals surface area contributed by atoms with Gasteiger partial charge in [-0.3, -0.25) is 20.7 Å². The van der Waals surface area contributed by atoms with Crippen molar-refractivity contribution in [2.24, 2.45) is 5.41 Å². The summed E-state index contributed by atoms with van der Waals surface area (Å²) < 4.78 is 8.11. The van der Waals surface area contributed by atoms with Crippen molar-refractivity contribution in [2.75, 3.05) is 11.9 Å². The predicted octanol–water partition coefficient (Wildman–Crippen LogP) is 7.64. The van der Waals surface area contributed by atoms with Gasteiger partial charge in [0.1, 0.15) is 23.2 Å². The molecule has 0 unspecified atom stereocenters. The molecule has 1 aliphatic carbocycles. The molecule has 3 atom stereocenters. The number of ether oxygens (including phenoxy) is 1. The third kappa shape index (κ3) is 8.47. The van der Waals surface area contributed by atoms with E-state index >= 15 is 0 Å². The molecule has 2 aliphatic rings. The molecular formula is C37H47ClN8O2. The molecule has 2 heterocycles. The van der Waals surface area contributed by atoms with Crippen molar-refractivity contribution >= 4 is 35.0 Å². The molecule has 254 valence electrons. The summed E-state index contributed by atoms with van der Waals surface area (Å²) in [6, 6.07) is 18.7. The fourth-order valence-corrected chi connectivity index (χ4v) is 6.30. The van der Waals surface area contributed by atoms with Crippen LogP contribution in [0.1, 0.15) is 88.6 Å². The van der Waals surface area contributed by atoms with Crippen molar-refractivity contribution in [3.8, 4) is 5.75 Å². The second-order valence-electron chi connectivity index (χ2n) is 13.6. The number of benzene rings is 2. The molecule has 1 fully saturated rings. The smallest absolute Gasteiger partial charge is 0.320 e. The molecule has 0 spiro atoms. The second kappa shape index (κ2) is 15.1. The molecule has 10 nitrogen and oxygen atoms in total. The number of rotatable bonds is 8. The zero-order valence-electron chi connectivity index (χ0n) is 28.2. The van der Waals surface area contributed by atoms with Gasteiger partial charge in [0.15, 0.2) is 0 Å². The molecule has 5 rings (SSSR count). The van der Waals surface area contributed by atoms with Crippen LogP contribution in [0.15, 0.2) is 78.8 Å². The van der Waals surface area contributed by atoms with Crippen LogP contribution in [0.5, 0.6) is 5.75 Å². The first-order valence-corrected chi connectivity index (χ1v) is 17.1. The molecular weight excluding hydrogens is 624 g/mol. The number of nitrogens with one attached hydrogen (secondary N) is 6. The van der Waals surface area contributed by atoms with Gasteiger partial charge in [-0.25, -0.2) is 4.79 Å². The van der Waals surface area contributed by atoms with E-state index in [0.717, 1.165) is 48.2 Å². The number of hydrogen-bond acceptors (Lipinski definition) is 6. The van der Waals surface area contributed by atoms with E-state index in [4.69, 9.17) is 32.6 Å². The van der Waals surface area contributed by atoms with E-state index in [-0.39, 0.29) is 29.7 Å². The normalized spacial score (nSPS) is 19.6. The van der Waals surface area contributed by atoms with Gasteiger partial charge < -0.3 is 25.7 Å². The number of amides is 2. The Hall–Kier alpha value is -4.57. The SMILES string of the molecule is C[C@H]1CCCCN1C(=N)n1cc(O[C@@H]2CC[C@H](NC(=O)N/C(=C/C(=N)C(C)(C)C)Nc3cccc(CCl)c3)c3ccccc32)ccc1=N. The van der Waals surface area contributed by atoms with E-state index < -0.39 is 5.41 Å². The number of anilines is 1. The highest BCUT2D eigenvalue weighted by molar-refractivity contribution is 6.17. The molecule has 1 aromatic heterocycles. The highest BCUT2D eigenvalue weighted by atomic mass is 35.5. The third-order valence-electron chi connectivity index (χ3n) is 8.95. The molecule has 1 saturated heterocycles. The van der Waals surface area contributed by atoms with Gasteiger partial charge >= 0.3 is 6.03 Å². The van der Waals surface area contributed by atoms with Crippen LogP contribution in [0.4, 0.5) is 10.5 Å². The number of aromatic nitrogens is 1. The van der Waals surface area contributed by atoms with Gasteiger partial charge in [-0.2, -0.15) is 0 Å². The van der Waals surface area contributed by atoms with Crippen LogP contribution < -0.4 is 26.2 Å². The minimum Gasteiger partial charge on any atom is -0.484 e.